The summed E-state index contributed by atoms with van der Waals surface area (Å²) in [6, 6.07) is 0.162. The van der Waals surface area contributed by atoms with Crippen LogP contribution in [-0.4, -0.2) is 25.7 Å². The molecule has 1 N–H and O–H groups in total. The molecular weight excluding hydrogens is 214 g/mol. The molecule has 0 aromatic rings. The summed E-state index contributed by atoms with van der Waals surface area (Å²) in [7, 11) is 1.44. The Morgan fingerprint density at radius 2 is 1.71 bits per heavy atom. The van der Waals surface area contributed by atoms with Crippen molar-refractivity contribution in [1.29, 1.82) is 0 Å². The first-order valence-electron chi connectivity index (χ1n) is 6.47. The third-order valence-electron chi connectivity index (χ3n) is 5.29. The zero-order valence-corrected chi connectivity index (χ0v) is 12.3. The van der Waals surface area contributed by atoms with Gasteiger partial charge < -0.3 is 10.1 Å². The maximum Gasteiger partial charge on any atom is 0.309 e. The first kappa shape index (κ1) is 14.5. The molecule has 0 amide bonds. The highest BCUT2D eigenvalue weighted by Crippen LogP contribution is 2.67. The molecule has 100 valence electrons. The Morgan fingerprint density at radius 3 is 2.06 bits per heavy atom. The monoisotopic (exact) mass is 241 g/mol. The van der Waals surface area contributed by atoms with Gasteiger partial charge >= 0.3 is 5.97 Å². The van der Waals surface area contributed by atoms with E-state index in [1.165, 1.54) is 7.11 Å². The summed E-state index contributed by atoms with van der Waals surface area (Å²) in [6.45, 7) is 14.2. The Hall–Kier alpha value is -0.570. The molecule has 1 fully saturated rings. The average molecular weight is 241 g/mol. The van der Waals surface area contributed by atoms with E-state index in [0.29, 0.717) is 16.7 Å². The van der Waals surface area contributed by atoms with Crippen molar-refractivity contribution in [2.45, 2.75) is 47.6 Å². The minimum atomic E-state index is -0.140. The lowest BCUT2D eigenvalue weighted by Gasteiger charge is -2.19. The van der Waals surface area contributed by atoms with Gasteiger partial charge in [-0.2, -0.15) is 0 Å². The predicted octanol–water partition coefficient (Wildman–Crippen LogP) is 2.46. The lowest BCUT2D eigenvalue weighted by molar-refractivity contribution is -0.145. The van der Waals surface area contributed by atoms with Crippen molar-refractivity contribution in [1.82, 2.24) is 5.32 Å². The van der Waals surface area contributed by atoms with Gasteiger partial charge in [0.15, 0.2) is 0 Å². The van der Waals surface area contributed by atoms with Crippen molar-refractivity contribution in [3.63, 3.8) is 0 Å². The second kappa shape index (κ2) is 4.60. The van der Waals surface area contributed by atoms with Gasteiger partial charge in [0.2, 0.25) is 0 Å². The summed E-state index contributed by atoms with van der Waals surface area (Å²) in [4.78, 5) is 11.4. The van der Waals surface area contributed by atoms with Crippen molar-refractivity contribution < 1.29 is 9.53 Å². The molecule has 1 rings (SSSR count). The quantitative estimate of drug-likeness (QED) is 0.751. The van der Waals surface area contributed by atoms with Crippen LogP contribution in [-0.2, 0) is 9.53 Å². The van der Waals surface area contributed by atoms with Gasteiger partial charge in [0.25, 0.3) is 0 Å². The van der Waals surface area contributed by atoms with E-state index < -0.39 is 0 Å². The van der Waals surface area contributed by atoms with Crippen LogP contribution in [0.25, 0.3) is 0 Å². The van der Waals surface area contributed by atoms with Crippen molar-refractivity contribution in [3.05, 3.63) is 0 Å². The highest BCUT2D eigenvalue weighted by Gasteiger charge is 2.63. The first-order valence-corrected chi connectivity index (χ1v) is 6.47. The summed E-state index contributed by atoms with van der Waals surface area (Å²) < 4.78 is 4.76. The van der Waals surface area contributed by atoms with Gasteiger partial charge in [0.1, 0.15) is 0 Å². The van der Waals surface area contributed by atoms with Gasteiger partial charge in [-0.15, -0.1) is 0 Å². The van der Waals surface area contributed by atoms with Gasteiger partial charge in [-0.25, -0.2) is 0 Å². The number of carbonyl (C=O) groups is 1. The predicted molar refractivity (Wildman–Crippen MR) is 69.7 cm³/mol. The molecule has 3 nitrogen and oxygen atoms in total. The summed E-state index contributed by atoms with van der Waals surface area (Å²) in [6.07, 6.45) is 0. The Balaban J connectivity index is 2.41. The molecule has 2 unspecified atom stereocenters. The molecule has 0 bridgehead atoms. The minimum Gasteiger partial charge on any atom is -0.469 e. The average Bonchev–Trinajstić information content (AvgIpc) is 2.64. The molecule has 0 aliphatic heterocycles. The van der Waals surface area contributed by atoms with Crippen LogP contribution in [0.15, 0.2) is 0 Å². The second-order valence-corrected chi connectivity index (χ2v) is 6.50. The molecule has 0 aromatic carbocycles. The molecule has 17 heavy (non-hydrogen) atoms. The molecule has 0 heterocycles. The van der Waals surface area contributed by atoms with Crippen molar-refractivity contribution >= 4 is 5.97 Å². The number of hydrogen-bond acceptors (Lipinski definition) is 3. The van der Waals surface area contributed by atoms with Gasteiger partial charge in [-0.05, 0) is 30.2 Å². The molecule has 0 spiro atoms. The Morgan fingerprint density at radius 1 is 1.24 bits per heavy atom. The summed E-state index contributed by atoms with van der Waals surface area (Å²) >= 11 is 0. The van der Waals surface area contributed by atoms with E-state index in [2.05, 4.69) is 33.0 Å². The fourth-order valence-electron chi connectivity index (χ4n) is 2.71. The number of esters is 1. The summed E-state index contributed by atoms with van der Waals surface area (Å²) in [5, 5.41) is 3.47. The van der Waals surface area contributed by atoms with Crippen LogP contribution in [0.1, 0.15) is 41.5 Å². The molecule has 0 radical (unpaired) electrons. The highest BCUT2D eigenvalue weighted by atomic mass is 16.5. The number of nitrogens with one attached hydrogen (secondary N) is 1. The maximum absolute atomic E-state index is 11.4. The fraction of sp³-hybridized carbons (Fsp3) is 0.929. The molecular formula is C14H27NO2. The topological polar surface area (TPSA) is 38.3 Å². The minimum absolute atomic E-state index is 0.0926. The van der Waals surface area contributed by atoms with Crippen LogP contribution >= 0.6 is 0 Å². The smallest absolute Gasteiger partial charge is 0.309 e. The Labute approximate surface area is 105 Å². The van der Waals surface area contributed by atoms with Crippen LogP contribution in [0.4, 0.5) is 0 Å². The van der Waals surface area contributed by atoms with E-state index in [0.717, 1.165) is 6.54 Å². The molecule has 0 saturated heterocycles. The van der Waals surface area contributed by atoms with E-state index in [9.17, 15) is 4.79 Å². The van der Waals surface area contributed by atoms with Crippen LogP contribution in [0.2, 0.25) is 0 Å². The number of ether oxygens (including phenoxy) is 1. The number of hydrogen-bond donors (Lipinski definition) is 1. The molecule has 0 aromatic heterocycles. The van der Waals surface area contributed by atoms with E-state index in [4.69, 9.17) is 4.74 Å². The lowest BCUT2D eigenvalue weighted by atomic mass is 10.0. The molecule has 1 aliphatic carbocycles. The third-order valence-corrected chi connectivity index (χ3v) is 5.29. The van der Waals surface area contributed by atoms with Crippen LogP contribution < -0.4 is 5.32 Å². The van der Waals surface area contributed by atoms with Crippen LogP contribution in [0, 0.1) is 22.7 Å². The van der Waals surface area contributed by atoms with E-state index in [1.54, 1.807) is 0 Å². The van der Waals surface area contributed by atoms with Gasteiger partial charge in [0.05, 0.1) is 13.0 Å². The Bertz CT molecular complexity index is 283. The number of carbonyl (C=O) groups excluding carboxylic acids is 1. The van der Waals surface area contributed by atoms with E-state index in [1.807, 2.05) is 13.8 Å². The second-order valence-electron chi connectivity index (χ2n) is 6.50. The fourth-order valence-corrected chi connectivity index (χ4v) is 2.71. The highest BCUT2D eigenvalue weighted by molar-refractivity contribution is 5.72. The van der Waals surface area contributed by atoms with E-state index >= 15 is 0 Å². The van der Waals surface area contributed by atoms with Crippen molar-refractivity contribution in [3.8, 4) is 0 Å². The third kappa shape index (κ3) is 2.49. The SMILES string of the molecule is COC(=O)C(C)C(C)NCC1C(C)(C)C1(C)C. The Kier molecular flexibility index (Phi) is 3.92. The van der Waals surface area contributed by atoms with E-state index in [-0.39, 0.29) is 17.9 Å². The first-order chi connectivity index (χ1) is 7.66. The molecule has 2 atom stereocenters. The van der Waals surface area contributed by atoms with Gasteiger partial charge in [0, 0.05) is 6.04 Å². The number of rotatable bonds is 5. The maximum atomic E-state index is 11.4. The lowest BCUT2D eigenvalue weighted by Crippen LogP contribution is -2.38. The van der Waals surface area contributed by atoms with Crippen molar-refractivity contribution in [2.75, 3.05) is 13.7 Å². The van der Waals surface area contributed by atoms with Crippen LogP contribution in [0.3, 0.4) is 0 Å². The summed E-state index contributed by atoms with van der Waals surface area (Å²) in [5.74, 6) is 0.451. The van der Waals surface area contributed by atoms with Gasteiger partial charge in [-0.1, -0.05) is 34.6 Å². The summed E-state index contributed by atoms with van der Waals surface area (Å²) in [5.41, 5.74) is 0.794. The van der Waals surface area contributed by atoms with Crippen LogP contribution in [0.5, 0.6) is 0 Å². The molecule has 3 heteroatoms. The molecule has 1 saturated carbocycles. The molecule has 1 aliphatic rings. The normalized spacial score (nSPS) is 25.1. The number of methoxy groups -OCH3 is 1. The van der Waals surface area contributed by atoms with Gasteiger partial charge in [-0.3, -0.25) is 4.79 Å². The largest absolute Gasteiger partial charge is 0.469 e. The standard InChI is InChI=1S/C14H27NO2/c1-9(12(16)17-7)10(2)15-8-11-13(3,4)14(11,5)6/h9-11,15H,8H2,1-7H3. The zero-order valence-electron chi connectivity index (χ0n) is 12.3. The zero-order chi connectivity index (χ0) is 13.4. The van der Waals surface area contributed by atoms with Crippen molar-refractivity contribution in [2.24, 2.45) is 22.7 Å².